The Morgan fingerprint density at radius 3 is 2.30 bits per heavy atom. The molecule has 0 saturated heterocycles. The van der Waals surface area contributed by atoms with E-state index in [1.807, 2.05) is 0 Å². The Morgan fingerprint density at radius 1 is 1.50 bits per heavy atom. The summed E-state index contributed by atoms with van der Waals surface area (Å²) in [4.78, 5) is 20.6. The molecule has 0 aliphatic heterocycles. The van der Waals surface area contributed by atoms with Crippen LogP contribution in [0.5, 0.6) is 0 Å². The molecule has 0 bridgehead atoms. The predicted molar refractivity (Wildman–Crippen MR) is 31.6 cm³/mol. The Morgan fingerprint density at radius 2 is 2.00 bits per heavy atom. The van der Waals surface area contributed by atoms with E-state index in [-0.39, 0.29) is 40.5 Å². The molecule has 0 saturated carbocycles. The maximum Gasteiger partial charge on any atom is 0.313 e. The Bertz CT molecular complexity index is 122. The molecule has 0 N–H and O–H groups in total. The van der Waals surface area contributed by atoms with Gasteiger partial charge in [0.15, 0.2) is 0 Å². The minimum Gasteiger partial charge on any atom is -0.465 e. The fraction of sp³-hybridized carbons (Fsp3) is 0.500. The summed E-state index contributed by atoms with van der Waals surface area (Å²) in [5, 5.41) is 0. The maximum absolute atomic E-state index is 10.4. The molecule has 0 aliphatic carbocycles. The van der Waals surface area contributed by atoms with Gasteiger partial charge in [0, 0.05) is 21.7 Å². The predicted octanol–water partition coefficient (Wildman–Crippen LogP) is 0.340. The third-order valence-corrected chi connectivity index (χ3v) is 0.656. The fourth-order valence-electron chi connectivity index (χ4n) is 0.368. The molecule has 4 heteroatoms. The molecule has 10 heavy (non-hydrogen) atoms. The minimum absolute atomic E-state index is 0. The van der Waals surface area contributed by atoms with Crippen LogP contribution in [-0.4, -0.2) is 18.4 Å². The van der Waals surface area contributed by atoms with Crippen molar-refractivity contribution in [2.75, 3.05) is 6.61 Å². The topological polar surface area (TPSA) is 43.4 Å². The van der Waals surface area contributed by atoms with E-state index in [0.717, 1.165) is 0 Å². The van der Waals surface area contributed by atoms with Crippen molar-refractivity contribution in [3.05, 3.63) is 6.92 Å². The van der Waals surface area contributed by atoms with E-state index >= 15 is 0 Å². The molecule has 0 unspecified atom stereocenters. The largest absolute Gasteiger partial charge is 0.465 e. The third kappa shape index (κ3) is 7.85. The number of ketones is 1. The van der Waals surface area contributed by atoms with Crippen molar-refractivity contribution in [2.45, 2.75) is 13.3 Å². The molecular formula is C6H9O3Ti. The van der Waals surface area contributed by atoms with Crippen LogP contribution in [0.2, 0.25) is 0 Å². The first-order valence-corrected chi connectivity index (χ1v) is 2.61. The molecule has 0 spiro atoms. The number of Topliss-reactive ketones (excluding diaryl/α,β-unsaturated/α-hetero) is 1. The van der Waals surface area contributed by atoms with Gasteiger partial charge in [0.1, 0.15) is 12.2 Å². The second-order valence-electron chi connectivity index (χ2n) is 1.60. The van der Waals surface area contributed by atoms with Gasteiger partial charge >= 0.3 is 5.97 Å². The Kier molecular flexibility index (Phi) is 8.73. The number of hydrogen-bond donors (Lipinski definition) is 0. The van der Waals surface area contributed by atoms with Gasteiger partial charge in [0.05, 0.1) is 6.61 Å². The van der Waals surface area contributed by atoms with E-state index in [9.17, 15) is 9.59 Å². The van der Waals surface area contributed by atoms with Crippen LogP contribution >= 0.6 is 0 Å². The van der Waals surface area contributed by atoms with E-state index in [1.165, 1.54) is 6.92 Å². The number of hydrogen-bond acceptors (Lipinski definition) is 3. The SMILES string of the molecule is [CH2]COC(=O)CC(C)=O.[Ti]. The molecule has 3 nitrogen and oxygen atoms in total. The number of ether oxygens (including phenoxy) is 1. The second-order valence-corrected chi connectivity index (χ2v) is 1.60. The van der Waals surface area contributed by atoms with Crippen LogP contribution in [0.15, 0.2) is 0 Å². The Labute approximate surface area is 75.0 Å². The maximum atomic E-state index is 10.4. The van der Waals surface area contributed by atoms with Crippen molar-refractivity contribution in [3.8, 4) is 0 Å². The summed E-state index contributed by atoms with van der Waals surface area (Å²) < 4.78 is 4.38. The fourth-order valence-corrected chi connectivity index (χ4v) is 0.368. The van der Waals surface area contributed by atoms with Gasteiger partial charge in [0.2, 0.25) is 0 Å². The quantitative estimate of drug-likeness (QED) is 0.354. The third-order valence-electron chi connectivity index (χ3n) is 0.656. The van der Waals surface area contributed by atoms with E-state index in [4.69, 9.17) is 0 Å². The van der Waals surface area contributed by atoms with Gasteiger partial charge < -0.3 is 4.74 Å². The van der Waals surface area contributed by atoms with E-state index in [2.05, 4.69) is 11.7 Å². The van der Waals surface area contributed by atoms with Crippen molar-refractivity contribution >= 4 is 11.8 Å². The summed E-state index contributed by atoms with van der Waals surface area (Å²) in [6.45, 7) is 4.71. The Balaban J connectivity index is 0. The molecule has 0 heterocycles. The first kappa shape index (κ1) is 12.5. The van der Waals surface area contributed by atoms with Crippen molar-refractivity contribution in [1.82, 2.24) is 0 Å². The molecule has 1 radical (unpaired) electrons. The van der Waals surface area contributed by atoms with Crippen molar-refractivity contribution in [1.29, 1.82) is 0 Å². The molecule has 0 fully saturated rings. The summed E-state index contributed by atoms with van der Waals surface area (Å²) in [7, 11) is 0. The minimum atomic E-state index is -0.502. The van der Waals surface area contributed by atoms with Crippen LogP contribution in [0.3, 0.4) is 0 Å². The summed E-state index contributed by atoms with van der Waals surface area (Å²) in [6.07, 6.45) is -0.143. The first-order valence-electron chi connectivity index (χ1n) is 2.61. The van der Waals surface area contributed by atoms with Gasteiger partial charge in [-0.05, 0) is 13.8 Å². The van der Waals surface area contributed by atoms with Gasteiger partial charge in [-0.1, -0.05) is 0 Å². The molecule has 0 aromatic carbocycles. The van der Waals surface area contributed by atoms with Crippen LogP contribution in [0.1, 0.15) is 13.3 Å². The zero-order valence-corrected chi connectivity index (χ0v) is 7.41. The molecule has 0 amide bonds. The van der Waals surface area contributed by atoms with Crippen LogP contribution in [0, 0.1) is 6.92 Å². The number of rotatable bonds is 3. The van der Waals surface area contributed by atoms with Crippen molar-refractivity contribution in [3.63, 3.8) is 0 Å². The molecular weight excluding hydrogens is 168 g/mol. The average molecular weight is 177 g/mol. The van der Waals surface area contributed by atoms with Crippen LogP contribution < -0.4 is 0 Å². The normalized spacial score (nSPS) is 7.80. The summed E-state index contributed by atoms with van der Waals surface area (Å²) in [5.74, 6) is -0.689. The molecule has 0 atom stereocenters. The number of carbonyl (C=O) groups is 2. The van der Waals surface area contributed by atoms with Crippen molar-refractivity contribution < 1.29 is 36.0 Å². The monoisotopic (exact) mass is 177 g/mol. The smallest absolute Gasteiger partial charge is 0.313 e. The van der Waals surface area contributed by atoms with Gasteiger partial charge in [-0.25, -0.2) is 0 Å². The van der Waals surface area contributed by atoms with Crippen molar-refractivity contribution in [2.24, 2.45) is 0 Å². The molecule has 0 rings (SSSR count). The van der Waals surface area contributed by atoms with Crippen LogP contribution in [-0.2, 0) is 36.0 Å². The molecule has 0 aromatic heterocycles. The summed E-state index contributed by atoms with van der Waals surface area (Å²) in [5.41, 5.74) is 0. The van der Waals surface area contributed by atoms with E-state index in [0.29, 0.717) is 0 Å². The average Bonchev–Trinajstić information content (AvgIpc) is 1.63. The van der Waals surface area contributed by atoms with Gasteiger partial charge in [-0.3, -0.25) is 9.59 Å². The first-order chi connectivity index (χ1) is 4.16. The summed E-state index contributed by atoms with van der Waals surface area (Å²) >= 11 is 0. The molecule has 55 valence electrons. The van der Waals surface area contributed by atoms with Gasteiger partial charge in [0.25, 0.3) is 0 Å². The number of carbonyl (C=O) groups excluding carboxylic acids is 2. The van der Waals surface area contributed by atoms with Crippen LogP contribution in [0.25, 0.3) is 0 Å². The summed E-state index contributed by atoms with van der Waals surface area (Å²) in [6, 6.07) is 0. The zero-order valence-electron chi connectivity index (χ0n) is 5.85. The van der Waals surface area contributed by atoms with Crippen LogP contribution in [0.4, 0.5) is 0 Å². The van der Waals surface area contributed by atoms with Gasteiger partial charge in [-0.2, -0.15) is 0 Å². The molecule has 0 aliphatic rings. The Hall–Kier alpha value is -0.146. The zero-order chi connectivity index (χ0) is 7.28. The van der Waals surface area contributed by atoms with Gasteiger partial charge in [-0.15, -0.1) is 0 Å². The van der Waals surface area contributed by atoms with E-state index < -0.39 is 5.97 Å². The van der Waals surface area contributed by atoms with E-state index in [1.54, 1.807) is 0 Å². The second kappa shape index (κ2) is 6.97. The molecule has 0 aromatic rings. The standard InChI is InChI=1S/C6H9O3.Ti/c1-3-9-6(8)4-5(2)7;/h1,3-4H2,2H3;. The number of esters is 1.